The number of hydrogen-bond acceptors (Lipinski definition) is 5. The minimum absolute atomic E-state index is 0.0919. The van der Waals surface area contributed by atoms with Crippen LogP contribution in [0.1, 0.15) is 6.92 Å². The molecule has 2 N–H and O–H groups in total. The lowest BCUT2D eigenvalue weighted by molar-refractivity contribution is -0.127. The van der Waals surface area contributed by atoms with E-state index in [1.165, 1.54) is 0 Å². The molecule has 3 rings (SSSR count). The van der Waals surface area contributed by atoms with E-state index in [0.717, 1.165) is 29.7 Å². The topological polar surface area (TPSA) is 79.5 Å². The van der Waals surface area contributed by atoms with E-state index in [0.29, 0.717) is 19.0 Å². The van der Waals surface area contributed by atoms with Gasteiger partial charge in [-0.05, 0) is 18.7 Å². The van der Waals surface area contributed by atoms with E-state index in [9.17, 15) is 4.79 Å². The molecule has 1 aliphatic heterocycles. The first-order chi connectivity index (χ1) is 10.7. The Morgan fingerprint density at radius 3 is 3.23 bits per heavy atom. The predicted molar refractivity (Wildman–Crippen MR) is 83.1 cm³/mol. The van der Waals surface area contributed by atoms with Crippen LogP contribution in [0.4, 0.5) is 5.82 Å². The third kappa shape index (κ3) is 2.77. The monoisotopic (exact) mass is 304 g/mol. The maximum absolute atomic E-state index is 12.5. The number of amides is 1. The number of morpholine rings is 1. The lowest BCUT2D eigenvalue weighted by Gasteiger charge is -2.33. The van der Waals surface area contributed by atoms with Gasteiger partial charge in [-0.2, -0.15) is 5.10 Å². The molecule has 1 aromatic heterocycles. The first-order valence-corrected chi connectivity index (χ1v) is 7.37. The van der Waals surface area contributed by atoms with E-state index < -0.39 is 0 Å². The van der Waals surface area contributed by atoms with Gasteiger partial charge in [-0.1, -0.05) is 6.92 Å². The van der Waals surface area contributed by atoms with Gasteiger partial charge in [0.25, 0.3) is 0 Å². The van der Waals surface area contributed by atoms with E-state index in [1.807, 2.05) is 25.1 Å². The molecule has 0 saturated carbocycles. The van der Waals surface area contributed by atoms with Gasteiger partial charge in [0.1, 0.15) is 11.8 Å². The molecule has 7 nitrogen and oxygen atoms in total. The number of anilines is 1. The molecule has 0 aliphatic carbocycles. The van der Waals surface area contributed by atoms with Crippen LogP contribution in [-0.2, 0) is 9.53 Å². The number of hydrogen-bond donors (Lipinski definition) is 2. The average molecular weight is 304 g/mol. The maximum Gasteiger partial charge on any atom is 0.245 e. The molecule has 1 saturated heterocycles. The van der Waals surface area contributed by atoms with E-state index >= 15 is 0 Å². The Balaban J connectivity index is 1.79. The van der Waals surface area contributed by atoms with Crippen molar-refractivity contribution in [1.29, 1.82) is 0 Å². The van der Waals surface area contributed by atoms with Crippen LogP contribution >= 0.6 is 0 Å². The molecule has 0 bridgehead atoms. The number of carbonyl (C=O) groups is 1. The van der Waals surface area contributed by atoms with E-state index in [1.54, 1.807) is 7.11 Å². The Labute approximate surface area is 128 Å². The fraction of sp³-hybridized carbons (Fsp3) is 0.467. The minimum Gasteiger partial charge on any atom is -0.497 e. The molecule has 2 heterocycles. The van der Waals surface area contributed by atoms with E-state index in [2.05, 4.69) is 20.4 Å². The molecule has 0 spiro atoms. The second kappa shape index (κ2) is 6.33. The number of nitrogens with zero attached hydrogens (tertiary/aromatic N) is 2. The number of methoxy groups -OCH3 is 1. The Kier molecular flexibility index (Phi) is 4.26. The summed E-state index contributed by atoms with van der Waals surface area (Å²) in [6.07, 6.45) is 0. The zero-order valence-electron chi connectivity index (χ0n) is 12.8. The fourth-order valence-electron chi connectivity index (χ4n) is 2.68. The van der Waals surface area contributed by atoms with Gasteiger partial charge in [0, 0.05) is 18.0 Å². The number of aromatic nitrogens is 2. The highest BCUT2D eigenvalue weighted by Crippen LogP contribution is 2.25. The highest BCUT2D eigenvalue weighted by atomic mass is 16.5. The summed E-state index contributed by atoms with van der Waals surface area (Å²) in [5.41, 5.74) is 0.821. The summed E-state index contributed by atoms with van der Waals surface area (Å²) in [6, 6.07) is 5.29. The molecule has 0 radical (unpaired) electrons. The Morgan fingerprint density at radius 1 is 1.59 bits per heavy atom. The van der Waals surface area contributed by atoms with Gasteiger partial charge in [0.15, 0.2) is 5.82 Å². The summed E-state index contributed by atoms with van der Waals surface area (Å²) in [5, 5.41) is 10.8. The third-order valence-corrected chi connectivity index (χ3v) is 3.96. The van der Waals surface area contributed by atoms with Crippen molar-refractivity contribution in [3.8, 4) is 5.75 Å². The molecule has 2 aromatic rings. The van der Waals surface area contributed by atoms with E-state index in [-0.39, 0.29) is 11.9 Å². The minimum atomic E-state index is -0.274. The van der Waals surface area contributed by atoms with Gasteiger partial charge in [-0.3, -0.25) is 14.8 Å². The lowest BCUT2D eigenvalue weighted by Crippen LogP contribution is -2.51. The molecule has 1 fully saturated rings. The average Bonchev–Trinajstić information content (AvgIpc) is 2.96. The number of H-pyrrole nitrogens is 1. The number of aromatic amines is 1. The smallest absolute Gasteiger partial charge is 0.245 e. The molecular weight excluding hydrogens is 284 g/mol. The molecular formula is C15H20N4O3. The first-order valence-electron chi connectivity index (χ1n) is 7.37. The Morgan fingerprint density at radius 2 is 2.45 bits per heavy atom. The van der Waals surface area contributed by atoms with Crippen LogP contribution in [0, 0.1) is 0 Å². The number of likely N-dealkylation sites (N-methyl/N-ethyl adjacent to an activating group) is 1. The lowest BCUT2D eigenvalue weighted by atomic mass is 10.2. The van der Waals surface area contributed by atoms with Gasteiger partial charge in [0.05, 0.1) is 25.8 Å². The summed E-state index contributed by atoms with van der Waals surface area (Å²) >= 11 is 0. The first kappa shape index (κ1) is 14.8. The summed E-state index contributed by atoms with van der Waals surface area (Å²) in [5.74, 6) is 1.18. The van der Waals surface area contributed by atoms with Crippen molar-refractivity contribution in [2.45, 2.75) is 13.0 Å². The molecule has 1 aliphatic rings. The summed E-state index contributed by atoms with van der Waals surface area (Å²) in [7, 11) is 1.61. The van der Waals surface area contributed by atoms with Crippen molar-refractivity contribution in [1.82, 2.24) is 15.1 Å². The molecule has 1 unspecified atom stereocenters. The number of nitrogens with one attached hydrogen (secondary N) is 2. The van der Waals surface area contributed by atoms with Gasteiger partial charge >= 0.3 is 0 Å². The predicted octanol–water partition coefficient (Wildman–Crippen LogP) is 1.23. The normalized spacial score (nSPS) is 19.3. The second-order valence-corrected chi connectivity index (χ2v) is 5.19. The van der Waals surface area contributed by atoms with Crippen molar-refractivity contribution in [3.63, 3.8) is 0 Å². The standard InChI is InChI=1S/C15H20N4O3/c1-3-19-6-7-22-9-13(19)15(20)16-14-11-5-4-10(21-2)8-12(11)17-18-14/h4-5,8,13H,3,6-7,9H2,1-2H3,(H2,16,17,18,20). The molecule has 7 heteroatoms. The molecule has 1 atom stereocenters. The number of benzene rings is 1. The zero-order chi connectivity index (χ0) is 15.5. The van der Waals surface area contributed by atoms with Gasteiger partial charge in [0.2, 0.25) is 5.91 Å². The second-order valence-electron chi connectivity index (χ2n) is 5.19. The van der Waals surface area contributed by atoms with Crippen LogP contribution in [-0.4, -0.2) is 60.5 Å². The van der Waals surface area contributed by atoms with Crippen LogP contribution < -0.4 is 10.1 Å². The molecule has 1 aromatic carbocycles. The summed E-state index contributed by atoms with van der Waals surface area (Å²) in [4.78, 5) is 14.6. The number of fused-ring (bicyclic) bond motifs is 1. The van der Waals surface area contributed by atoms with Crippen LogP contribution in [0.15, 0.2) is 18.2 Å². The van der Waals surface area contributed by atoms with Gasteiger partial charge < -0.3 is 14.8 Å². The number of rotatable bonds is 4. The zero-order valence-corrected chi connectivity index (χ0v) is 12.8. The maximum atomic E-state index is 12.5. The fourth-order valence-corrected chi connectivity index (χ4v) is 2.68. The van der Waals surface area contributed by atoms with Crippen molar-refractivity contribution in [3.05, 3.63) is 18.2 Å². The van der Waals surface area contributed by atoms with E-state index in [4.69, 9.17) is 9.47 Å². The van der Waals surface area contributed by atoms with Crippen molar-refractivity contribution >= 4 is 22.6 Å². The molecule has 118 valence electrons. The largest absolute Gasteiger partial charge is 0.497 e. The highest BCUT2D eigenvalue weighted by molar-refractivity contribution is 6.02. The quantitative estimate of drug-likeness (QED) is 0.888. The summed E-state index contributed by atoms with van der Waals surface area (Å²) in [6.45, 7) is 4.72. The summed E-state index contributed by atoms with van der Waals surface area (Å²) < 4.78 is 10.6. The Bertz CT molecular complexity index is 670. The van der Waals surface area contributed by atoms with Gasteiger partial charge in [-0.25, -0.2) is 0 Å². The van der Waals surface area contributed by atoms with Crippen molar-refractivity contribution < 1.29 is 14.3 Å². The highest BCUT2D eigenvalue weighted by Gasteiger charge is 2.29. The van der Waals surface area contributed by atoms with Crippen LogP contribution in [0.3, 0.4) is 0 Å². The molecule has 1 amide bonds. The van der Waals surface area contributed by atoms with Crippen molar-refractivity contribution in [2.75, 3.05) is 38.7 Å². The third-order valence-electron chi connectivity index (χ3n) is 3.96. The van der Waals surface area contributed by atoms with Gasteiger partial charge in [-0.15, -0.1) is 0 Å². The van der Waals surface area contributed by atoms with Crippen LogP contribution in [0.5, 0.6) is 5.75 Å². The van der Waals surface area contributed by atoms with Crippen molar-refractivity contribution in [2.24, 2.45) is 0 Å². The SMILES string of the molecule is CCN1CCOCC1C(=O)Nc1n[nH]c2cc(OC)ccc12. The number of carbonyl (C=O) groups excluding carboxylic acids is 1. The van der Waals surface area contributed by atoms with Crippen LogP contribution in [0.25, 0.3) is 10.9 Å². The Hall–Kier alpha value is -2.12. The number of ether oxygens (including phenoxy) is 2. The van der Waals surface area contributed by atoms with Crippen LogP contribution in [0.2, 0.25) is 0 Å². The molecule has 22 heavy (non-hydrogen) atoms.